The first-order valence-corrected chi connectivity index (χ1v) is 6.59. The van der Waals surface area contributed by atoms with Crippen LogP contribution in [0.15, 0.2) is 58.3 Å². The zero-order valence-corrected chi connectivity index (χ0v) is 10.0. The normalized spacial score (nSPS) is 11.2. The quantitative estimate of drug-likeness (QED) is 0.800. The van der Waals surface area contributed by atoms with Gasteiger partial charge < -0.3 is 0 Å². The number of carbonyl (C=O) groups is 1. The molecule has 0 spiro atoms. The van der Waals surface area contributed by atoms with E-state index in [-0.39, 0.29) is 10.5 Å². The van der Waals surface area contributed by atoms with E-state index in [4.69, 9.17) is 0 Å². The van der Waals surface area contributed by atoms with Gasteiger partial charge in [-0.2, -0.15) is 0 Å². The summed E-state index contributed by atoms with van der Waals surface area (Å²) < 4.78 is 38.2. The fourth-order valence-corrected chi connectivity index (χ4v) is 3.12. The minimum atomic E-state index is -4.02. The molecule has 0 aliphatic heterocycles. The maximum Gasteiger partial charge on any atom is 0.210 e. The molecule has 0 atom stereocenters. The molecule has 2 aromatic carbocycles. The molecule has 2 rings (SSSR count). The van der Waals surface area contributed by atoms with Gasteiger partial charge in [0.25, 0.3) is 0 Å². The predicted molar refractivity (Wildman–Crippen MR) is 63.7 cm³/mol. The van der Waals surface area contributed by atoms with Gasteiger partial charge >= 0.3 is 0 Å². The predicted octanol–water partition coefficient (Wildman–Crippen LogP) is 2.47. The summed E-state index contributed by atoms with van der Waals surface area (Å²) in [5.41, 5.74) is -0.182. The molecular weight excluding hydrogens is 255 g/mol. The lowest BCUT2D eigenvalue weighted by Gasteiger charge is -2.07. The summed E-state index contributed by atoms with van der Waals surface area (Å²) in [6.45, 7) is 0. The highest BCUT2D eigenvalue weighted by Crippen LogP contribution is 2.25. The number of benzene rings is 2. The third-order valence-electron chi connectivity index (χ3n) is 2.45. The molecule has 5 heteroatoms. The minimum absolute atomic E-state index is 0.0433. The number of halogens is 1. The number of sulfone groups is 1. The molecule has 0 bridgehead atoms. The molecule has 0 amide bonds. The highest BCUT2D eigenvalue weighted by atomic mass is 32.2. The monoisotopic (exact) mass is 264 g/mol. The molecule has 0 saturated carbocycles. The van der Waals surface area contributed by atoms with Crippen LogP contribution in [0, 0.1) is 5.82 Å². The Balaban J connectivity index is 2.73. The highest BCUT2D eigenvalue weighted by Gasteiger charge is 2.24. The fraction of sp³-hybridized carbons (Fsp3) is 0. The molecule has 0 aliphatic rings. The van der Waals surface area contributed by atoms with Crippen molar-refractivity contribution >= 4 is 16.1 Å². The van der Waals surface area contributed by atoms with Crippen molar-refractivity contribution in [3.8, 4) is 0 Å². The van der Waals surface area contributed by atoms with E-state index in [1.807, 2.05) is 0 Å². The molecule has 0 radical (unpaired) electrons. The van der Waals surface area contributed by atoms with Crippen LogP contribution in [0.5, 0.6) is 0 Å². The molecule has 0 aromatic heterocycles. The Kier molecular flexibility index (Phi) is 3.25. The van der Waals surface area contributed by atoms with Crippen LogP contribution in [-0.4, -0.2) is 14.7 Å². The van der Waals surface area contributed by atoms with Crippen molar-refractivity contribution in [2.75, 3.05) is 0 Å². The standard InChI is InChI=1S/C13H9FO3S/c14-12-8-4-5-10(9-15)13(12)18(16,17)11-6-2-1-3-7-11/h1-9H. The van der Waals surface area contributed by atoms with Crippen LogP contribution >= 0.6 is 0 Å². The van der Waals surface area contributed by atoms with Gasteiger partial charge in [0, 0.05) is 5.56 Å². The summed E-state index contributed by atoms with van der Waals surface area (Å²) in [5, 5.41) is 0. The van der Waals surface area contributed by atoms with Gasteiger partial charge in [0.1, 0.15) is 10.7 Å². The number of carbonyl (C=O) groups excluding carboxylic acids is 1. The molecule has 0 aliphatic carbocycles. The van der Waals surface area contributed by atoms with Crippen LogP contribution in [0.2, 0.25) is 0 Å². The third kappa shape index (κ3) is 2.04. The van der Waals surface area contributed by atoms with Crippen molar-refractivity contribution < 1.29 is 17.6 Å². The van der Waals surface area contributed by atoms with Crippen molar-refractivity contribution in [3.05, 3.63) is 59.9 Å². The first-order valence-electron chi connectivity index (χ1n) is 5.11. The van der Waals surface area contributed by atoms with E-state index in [0.717, 1.165) is 6.07 Å². The van der Waals surface area contributed by atoms with Gasteiger partial charge in [0.2, 0.25) is 9.84 Å². The summed E-state index contributed by atoms with van der Waals surface area (Å²) in [5.74, 6) is -0.927. The summed E-state index contributed by atoms with van der Waals surface area (Å²) in [6, 6.07) is 11.0. The average Bonchev–Trinajstić information content (AvgIpc) is 2.39. The largest absolute Gasteiger partial charge is 0.298 e. The van der Waals surface area contributed by atoms with Crippen LogP contribution in [0.1, 0.15) is 10.4 Å². The van der Waals surface area contributed by atoms with Crippen molar-refractivity contribution in [2.45, 2.75) is 9.79 Å². The molecule has 3 nitrogen and oxygen atoms in total. The Morgan fingerprint density at radius 1 is 0.944 bits per heavy atom. The van der Waals surface area contributed by atoms with Gasteiger partial charge in [-0.15, -0.1) is 0 Å². The molecule has 18 heavy (non-hydrogen) atoms. The zero-order valence-electron chi connectivity index (χ0n) is 9.21. The van der Waals surface area contributed by atoms with Crippen molar-refractivity contribution in [2.24, 2.45) is 0 Å². The third-order valence-corrected chi connectivity index (χ3v) is 4.31. The van der Waals surface area contributed by atoms with Crippen LogP contribution in [0.4, 0.5) is 4.39 Å². The van der Waals surface area contributed by atoms with Gasteiger partial charge in [0.15, 0.2) is 6.29 Å². The lowest BCUT2D eigenvalue weighted by atomic mass is 10.2. The van der Waals surface area contributed by atoms with Crippen LogP contribution in [-0.2, 0) is 9.84 Å². The van der Waals surface area contributed by atoms with Gasteiger partial charge in [-0.05, 0) is 18.2 Å². The molecule has 92 valence electrons. The number of rotatable bonds is 3. The second kappa shape index (κ2) is 4.70. The molecule has 0 N–H and O–H groups in total. The van der Waals surface area contributed by atoms with Gasteiger partial charge in [0.05, 0.1) is 4.90 Å². The maximum absolute atomic E-state index is 13.7. The van der Waals surface area contributed by atoms with E-state index in [2.05, 4.69) is 0 Å². The average molecular weight is 264 g/mol. The smallest absolute Gasteiger partial charge is 0.210 e. The first kappa shape index (κ1) is 12.4. The van der Waals surface area contributed by atoms with Gasteiger partial charge in [-0.3, -0.25) is 4.79 Å². The maximum atomic E-state index is 13.7. The van der Waals surface area contributed by atoms with Crippen LogP contribution < -0.4 is 0 Å². The molecule has 0 heterocycles. The van der Waals surface area contributed by atoms with E-state index in [1.165, 1.54) is 36.4 Å². The second-order valence-corrected chi connectivity index (χ2v) is 5.48. The van der Waals surface area contributed by atoms with Crippen LogP contribution in [0.3, 0.4) is 0 Å². The lowest BCUT2D eigenvalue weighted by Crippen LogP contribution is -2.08. The van der Waals surface area contributed by atoms with Crippen molar-refractivity contribution in [3.63, 3.8) is 0 Å². The lowest BCUT2D eigenvalue weighted by molar-refractivity contribution is 0.111. The van der Waals surface area contributed by atoms with Gasteiger partial charge in [-0.1, -0.05) is 30.3 Å². The minimum Gasteiger partial charge on any atom is -0.298 e. The Morgan fingerprint density at radius 3 is 2.22 bits per heavy atom. The van der Waals surface area contributed by atoms with Crippen LogP contribution in [0.25, 0.3) is 0 Å². The summed E-state index contributed by atoms with van der Waals surface area (Å²) >= 11 is 0. The fourth-order valence-electron chi connectivity index (χ4n) is 1.62. The van der Waals surface area contributed by atoms with E-state index in [9.17, 15) is 17.6 Å². The molecule has 0 fully saturated rings. The summed E-state index contributed by atoms with van der Waals surface area (Å²) in [7, 11) is -4.02. The molecular formula is C13H9FO3S. The van der Waals surface area contributed by atoms with E-state index in [0.29, 0.717) is 6.29 Å². The highest BCUT2D eigenvalue weighted by molar-refractivity contribution is 7.91. The van der Waals surface area contributed by atoms with Crippen molar-refractivity contribution in [1.82, 2.24) is 0 Å². The first-order chi connectivity index (χ1) is 8.57. The molecule has 0 saturated heterocycles. The Hall–Kier alpha value is -2.01. The SMILES string of the molecule is O=Cc1cccc(F)c1S(=O)(=O)c1ccccc1. The summed E-state index contributed by atoms with van der Waals surface area (Å²) in [6.07, 6.45) is 0.332. The van der Waals surface area contributed by atoms with E-state index < -0.39 is 20.5 Å². The Labute approximate surface area is 104 Å². The van der Waals surface area contributed by atoms with E-state index in [1.54, 1.807) is 6.07 Å². The Morgan fingerprint density at radius 2 is 1.61 bits per heavy atom. The topological polar surface area (TPSA) is 51.2 Å². The van der Waals surface area contributed by atoms with Gasteiger partial charge in [-0.25, -0.2) is 12.8 Å². The zero-order chi connectivity index (χ0) is 13.2. The molecule has 2 aromatic rings. The number of hydrogen-bond donors (Lipinski definition) is 0. The van der Waals surface area contributed by atoms with E-state index >= 15 is 0 Å². The number of hydrogen-bond acceptors (Lipinski definition) is 3. The Bertz CT molecular complexity index is 679. The number of aldehydes is 1. The molecule has 0 unspecified atom stereocenters. The second-order valence-electron chi connectivity index (χ2n) is 3.59. The summed E-state index contributed by atoms with van der Waals surface area (Å²) in [4.78, 5) is 10.2. The van der Waals surface area contributed by atoms with Crippen molar-refractivity contribution in [1.29, 1.82) is 0 Å².